The molecular formula is C20H21N3O5S2. The second-order valence-electron chi connectivity index (χ2n) is 6.47. The van der Waals surface area contributed by atoms with Crippen molar-refractivity contribution in [1.29, 1.82) is 0 Å². The first-order chi connectivity index (χ1) is 14.4. The SMILES string of the molecule is CCOC(=O)c1sc(NC(=O)[C@H](CCSC)N2C(=O)c3ccccc3C2=O)nc1C. The number of carbonyl (C=O) groups excluding carboxylic acids is 4. The molecule has 1 N–H and O–H groups in total. The molecule has 1 atom stereocenters. The summed E-state index contributed by atoms with van der Waals surface area (Å²) in [4.78, 5) is 56.2. The first kappa shape index (κ1) is 22.0. The Hall–Kier alpha value is -2.72. The first-order valence-corrected chi connectivity index (χ1v) is 11.5. The van der Waals surface area contributed by atoms with Crippen molar-refractivity contribution in [3.8, 4) is 0 Å². The van der Waals surface area contributed by atoms with Crippen LogP contribution in [0.1, 0.15) is 49.4 Å². The average Bonchev–Trinajstić information content (AvgIpc) is 3.21. The third-order valence-corrected chi connectivity index (χ3v) is 6.22. The lowest BCUT2D eigenvalue weighted by Gasteiger charge is -2.24. The molecule has 0 radical (unpaired) electrons. The molecule has 0 fully saturated rings. The van der Waals surface area contributed by atoms with E-state index in [1.54, 1.807) is 38.1 Å². The molecule has 0 saturated heterocycles. The van der Waals surface area contributed by atoms with E-state index in [1.165, 1.54) is 11.8 Å². The number of anilines is 1. The Morgan fingerprint density at radius 3 is 2.43 bits per heavy atom. The molecule has 30 heavy (non-hydrogen) atoms. The Morgan fingerprint density at radius 1 is 1.23 bits per heavy atom. The van der Waals surface area contributed by atoms with Crippen molar-refractivity contribution in [2.45, 2.75) is 26.3 Å². The van der Waals surface area contributed by atoms with E-state index in [-0.39, 0.29) is 11.7 Å². The van der Waals surface area contributed by atoms with Gasteiger partial charge >= 0.3 is 5.97 Å². The van der Waals surface area contributed by atoms with Crippen LogP contribution in [0.2, 0.25) is 0 Å². The van der Waals surface area contributed by atoms with Gasteiger partial charge in [-0.15, -0.1) is 0 Å². The van der Waals surface area contributed by atoms with Crippen LogP contribution in [-0.4, -0.2) is 58.2 Å². The zero-order chi connectivity index (χ0) is 21.8. The molecule has 0 aliphatic carbocycles. The topological polar surface area (TPSA) is 106 Å². The summed E-state index contributed by atoms with van der Waals surface area (Å²) in [6, 6.07) is 5.53. The van der Waals surface area contributed by atoms with Gasteiger partial charge < -0.3 is 10.1 Å². The molecule has 8 nitrogen and oxygen atoms in total. The number of thiazole rings is 1. The van der Waals surface area contributed by atoms with E-state index in [4.69, 9.17) is 4.74 Å². The molecule has 1 aliphatic rings. The Bertz CT molecular complexity index is 969. The molecule has 0 unspecified atom stereocenters. The van der Waals surface area contributed by atoms with Crippen LogP contribution in [0.3, 0.4) is 0 Å². The lowest BCUT2D eigenvalue weighted by atomic mass is 10.1. The number of fused-ring (bicyclic) bond motifs is 1. The molecule has 1 aliphatic heterocycles. The fraction of sp³-hybridized carbons (Fsp3) is 0.350. The van der Waals surface area contributed by atoms with Gasteiger partial charge in [0.2, 0.25) is 5.91 Å². The molecule has 0 spiro atoms. The van der Waals surface area contributed by atoms with E-state index in [0.717, 1.165) is 16.2 Å². The maximum Gasteiger partial charge on any atom is 0.350 e. The fourth-order valence-corrected chi connectivity index (χ4v) is 4.44. The molecule has 1 aromatic heterocycles. The summed E-state index contributed by atoms with van der Waals surface area (Å²) in [6.07, 6.45) is 2.18. The smallest absolute Gasteiger partial charge is 0.350 e. The van der Waals surface area contributed by atoms with Gasteiger partial charge in [-0.1, -0.05) is 23.5 Å². The summed E-state index contributed by atoms with van der Waals surface area (Å²) in [6.45, 7) is 3.58. The molecule has 158 valence electrons. The predicted octanol–water partition coefficient (Wildman–Crippen LogP) is 2.98. The molecule has 3 rings (SSSR count). The Morgan fingerprint density at radius 2 is 1.87 bits per heavy atom. The molecule has 2 aromatic rings. The van der Waals surface area contributed by atoms with E-state index in [9.17, 15) is 19.2 Å². The van der Waals surface area contributed by atoms with E-state index in [0.29, 0.717) is 33.9 Å². The van der Waals surface area contributed by atoms with Gasteiger partial charge in [0, 0.05) is 0 Å². The maximum absolute atomic E-state index is 13.0. The van der Waals surface area contributed by atoms with Crippen LogP contribution >= 0.6 is 23.1 Å². The number of benzene rings is 1. The molecule has 2 heterocycles. The minimum Gasteiger partial charge on any atom is -0.462 e. The number of rotatable bonds is 8. The summed E-state index contributed by atoms with van der Waals surface area (Å²) in [5.74, 6) is -1.43. The Labute approximate surface area is 182 Å². The van der Waals surface area contributed by atoms with Crippen LogP contribution < -0.4 is 5.32 Å². The van der Waals surface area contributed by atoms with Crippen molar-refractivity contribution in [3.63, 3.8) is 0 Å². The number of amides is 3. The van der Waals surface area contributed by atoms with E-state index < -0.39 is 29.7 Å². The van der Waals surface area contributed by atoms with Gasteiger partial charge in [0.25, 0.3) is 11.8 Å². The van der Waals surface area contributed by atoms with Crippen molar-refractivity contribution in [2.75, 3.05) is 23.9 Å². The first-order valence-electron chi connectivity index (χ1n) is 9.30. The number of nitrogens with one attached hydrogen (secondary N) is 1. The molecule has 3 amide bonds. The summed E-state index contributed by atoms with van der Waals surface area (Å²) in [7, 11) is 0. The number of thioether (sulfide) groups is 1. The predicted molar refractivity (Wildman–Crippen MR) is 115 cm³/mol. The highest BCUT2D eigenvalue weighted by molar-refractivity contribution is 7.98. The van der Waals surface area contributed by atoms with Gasteiger partial charge in [0.1, 0.15) is 10.9 Å². The zero-order valence-electron chi connectivity index (χ0n) is 16.8. The van der Waals surface area contributed by atoms with Crippen molar-refractivity contribution >= 4 is 51.9 Å². The minimum atomic E-state index is -0.986. The number of esters is 1. The van der Waals surface area contributed by atoms with Crippen molar-refractivity contribution in [1.82, 2.24) is 9.88 Å². The third-order valence-electron chi connectivity index (χ3n) is 4.52. The van der Waals surface area contributed by atoms with Gasteiger partial charge in [-0.25, -0.2) is 9.78 Å². The van der Waals surface area contributed by atoms with Crippen LogP contribution in [-0.2, 0) is 9.53 Å². The Kier molecular flexibility index (Phi) is 6.88. The normalized spacial score (nSPS) is 13.9. The molecular weight excluding hydrogens is 426 g/mol. The largest absolute Gasteiger partial charge is 0.462 e. The summed E-state index contributed by atoms with van der Waals surface area (Å²) < 4.78 is 4.99. The number of aryl methyl sites for hydroxylation is 1. The molecule has 0 saturated carbocycles. The maximum atomic E-state index is 13.0. The molecule has 10 heteroatoms. The van der Waals surface area contributed by atoms with Gasteiger partial charge in [-0.2, -0.15) is 11.8 Å². The van der Waals surface area contributed by atoms with Crippen LogP contribution in [0, 0.1) is 6.92 Å². The van der Waals surface area contributed by atoms with E-state index >= 15 is 0 Å². The monoisotopic (exact) mass is 447 g/mol. The van der Waals surface area contributed by atoms with Gasteiger partial charge in [0.05, 0.1) is 23.4 Å². The van der Waals surface area contributed by atoms with Crippen LogP contribution in [0.15, 0.2) is 24.3 Å². The van der Waals surface area contributed by atoms with Crippen molar-refractivity contribution < 1.29 is 23.9 Å². The number of aromatic nitrogens is 1. The van der Waals surface area contributed by atoms with Crippen LogP contribution in [0.4, 0.5) is 5.13 Å². The Balaban J connectivity index is 1.84. The number of ether oxygens (including phenoxy) is 1. The summed E-state index contributed by atoms with van der Waals surface area (Å²) >= 11 is 2.51. The minimum absolute atomic E-state index is 0.214. The van der Waals surface area contributed by atoms with Crippen molar-refractivity contribution in [2.24, 2.45) is 0 Å². The summed E-state index contributed by atoms with van der Waals surface area (Å²) in [5, 5.41) is 2.87. The fourth-order valence-electron chi connectivity index (χ4n) is 3.12. The second-order valence-corrected chi connectivity index (χ2v) is 8.45. The lowest BCUT2D eigenvalue weighted by Crippen LogP contribution is -2.47. The standard InChI is InChI=1S/C20H21N3O5S2/c1-4-28-19(27)15-11(2)21-20(30-15)22-16(24)14(9-10-29-3)23-17(25)12-7-5-6-8-13(12)18(23)26/h5-8,14H,4,9-10H2,1-3H3,(H,21,22,24)/t14-/m0/s1. The van der Waals surface area contributed by atoms with E-state index in [2.05, 4.69) is 10.3 Å². The van der Waals surface area contributed by atoms with E-state index in [1.807, 2.05) is 6.26 Å². The second kappa shape index (κ2) is 9.40. The van der Waals surface area contributed by atoms with Crippen molar-refractivity contribution in [3.05, 3.63) is 46.0 Å². The highest BCUT2D eigenvalue weighted by Gasteiger charge is 2.42. The van der Waals surface area contributed by atoms with Gasteiger partial charge in [-0.3, -0.25) is 19.3 Å². The van der Waals surface area contributed by atoms with Gasteiger partial charge in [0.15, 0.2) is 5.13 Å². The van der Waals surface area contributed by atoms with Crippen LogP contribution in [0.5, 0.6) is 0 Å². The highest BCUT2D eigenvalue weighted by atomic mass is 32.2. The summed E-state index contributed by atoms with van der Waals surface area (Å²) in [5.41, 5.74) is 1.02. The number of hydrogen-bond acceptors (Lipinski definition) is 8. The number of imide groups is 1. The molecule has 0 bridgehead atoms. The quantitative estimate of drug-likeness (QED) is 0.490. The average molecular weight is 448 g/mol. The third kappa shape index (κ3) is 4.24. The zero-order valence-corrected chi connectivity index (χ0v) is 18.4. The number of nitrogens with zero attached hydrogens (tertiary/aromatic N) is 2. The molecule has 1 aromatic carbocycles. The number of hydrogen-bond donors (Lipinski definition) is 1. The van der Waals surface area contributed by atoms with Crippen LogP contribution in [0.25, 0.3) is 0 Å². The number of carbonyl (C=O) groups is 4. The highest BCUT2D eigenvalue weighted by Crippen LogP contribution is 2.28. The lowest BCUT2D eigenvalue weighted by molar-refractivity contribution is -0.120. The van der Waals surface area contributed by atoms with Gasteiger partial charge in [-0.05, 0) is 44.4 Å².